The van der Waals surface area contributed by atoms with Crippen molar-refractivity contribution in [2.45, 2.75) is 37.9 Å². The zero-order valence-electron chi connectivity index (χ0n) is 17.7. The quantitative estimate of drug-likeness (QED) is 0.748. The second kappa shape index (κ2) is 8.91. The van der Waals surface area contributed by atoms with Crippen LogP contribution in [0.15, 0.2) is 42.5 Å². The molecule has 1 unspecified atom stereocenters. The average molecular weight is 432 g/mol. The van der Waals surface area contributed by atoms with Crippen molar-refractivity contribution in [1.29, 1.82) is 0 Å². The van der Waals surface area contributed by atoms with E-state index in [1.165, 1.54) is 23.4 Å². The van der Waals surface area contributed by atoms with Gasteiger partial charge < -0.3 is 10.2 Å². The maximum absolute atomic E-state index is 13.0. The molecule has 2 heterocycles. The lowest BCUT2D eigenvalue weighted by Crippen LogP contribution is -2.37. The van der Waals surface area contributed by atoms with Crippen LogP contribution in [0.3, 0.4) is 0 Å². The van der Waals surface area contributed by atoms with Gasteiger partial charge in [-0.2, -0.15) is 13.2 Å². The molecule has 1 fully saturated rings. The lowest BCUT2D eigenvalue weighted by molar-refractivity contribution is -0.137. The highest BCUT2D eigenvalue weighted by Gasteiger charge is 2.31. The number of rotatable bonds is 5. The van der Waals surface area contributed by atoms with Crippen molar-refractivity contribution in [3.8, 4) is 0 Å². The van der Waals surface area contributed by atoms with Crippen LogP contribution in [0.4, 0.5) is 18.9 Å². The maximum atomic E-state index is 13.0. The number of halogens is 3. The molecule has 0 spiro atoms. The van der Waals surface area contributed by atoms with E-state index >= 15 is 0 Å². The van der Waals surface area contributed by atoms with Gasteiger partial charge in [0.1, 0.15) is 0 Å². The summed E-state index contributed by atoms with van der Waals surface area (Å²) in [7, 11) is 2.10. The molecule has 0 saturated carbocycles. The number of anilines is 1. The van der Waals surface area contributed by atoms with E-state index in [0.29, 0.717) is 6.54 Å². The summed E-state index contributed by atoms with van der Waals surface area (Å²) in [6.07, 6.45) is -0.0768. The van der Waals surface area contributed by atoms with Crippen molar-refractivity contribution in [3.05, 3.63) is 64.7 Å². The number of alkyl halides is 3. The van der Waals surface area contributed by atoms with Crippen molar-refractivity contribution in [2.75, 3.05) is 38.1 Å². The number of carbonyl (C=O) groups is 1. The summed E-state index contributed by atoms with van der Waals surface area (Å²) in [6, 6.07) is 11.1. The smallest absolute Gasteiger partial charge is 0.374 e. The fourth-order valence-electron chi connectivity index (χ4n) is 4.65. The van der Waals surface area contributed by atoms with Crippen LogP contribution in [0, 0.1) is 0 Å². The number of aryl methyl sites for hydroxylation is 1. The number of benzene rings is 2. The molecule has 2 aliphatic heterocycles. The number of hydrogen-bond donors (Lipinski definition) is 1. The summed E-state index contributed by atoms with van der Waals surface area (Å²) in [4.78, 5) is 17.3. The Morgan fingerprint density at radius 3 is 2.58 bits per heavy atom. The molecule has 0 aromatic heterocycles. The van der Waals surface area contributed by atoms with Crippen LogP contribution in [-0.2, 0) is 12.6 Å². The number of nitrogens with zero attached hydrogens (tertiary/aromatic N) is 2. The Bertz CT molecular complexity index is 938. The zero-order valence-corrected chi connectivity index (χ0v) is 17.7. The van der Waals surface area contributed by atoms with Crippen LogP contribution >= 0.6 is 0 Å². The second-order valence-electron chi connectivity index (χ2n) is 8.46. The first-order valence-electron chi connectivity index (χ1n) is 10.9. The summed E-state index contributed by atoms with van der Waals surface area (Å²) in [5.41, 5.74) is 2.94. The normalized spacial score (nSPS) is 18.0. The van der Waals surface area contributed by atoms with Gasteiger partial charge >= 0.3 is 6.18 Å². The van der Waals surface area contributed by atoms with E-state index in [2.05, 4.69) is 40.4 Å². The average Bonchev–Trinajstić information content (AvgIpc) is 3.28. The van der Waals surface area contributed by atoms with Gasteiger partial charge in [0, 0.05) is 31.4 Å². The van der Waals surface area contributed by atoms with Gasteiger partial charge in [0.2, 0.25) is 0 Å². The summed E-state index contributed by atoms with van der Waals surface area (Å²) in [6.45, 7) is 3.33. The second-order valence-corrected chi connectivity index (χ2v) is 8.46. The van der Waals surface area contributed by atoms with Crippen molar-refractivity contribution >= 4 is 11.6 Å². The molecule has 1 atom stereocenters. The predicted octanol–water partition coefficient (Wildman–Crippen LogP) is 4.65. The Hall–Kier alpha value is -2.54. The van der Waals surface area contributed by atoms with Crippen molar-refractivity contribution in [1.82, 2.24) is 10.2 Å². The van der Waals surface area contributed by atoms with Gasteiger partial charge in [-0.3, -0.25) is 9.69 Å². The summed E-state index contributed by atoms with van der Waals surface area (Å²) < 4.78 is 39.0. The fourth-order valence-corrected chi connectivity index (χ4v) is 4.65. The zero-order chi connectivity index (χ0) is 22.0. The molecule has 2 aromatic carbocycles. The van der Waals surface area contributed by atoms with E-state index in [9.17, 15) is 18.0 Å². The summed E-state index contributed by atoms with van der Waals surface area (Å²) in [5, 5.41) is 2.88. The largest absolute Gasteiger partial charge is 0.416 e. The van der Waals surface area contributed by atoms with E-state index < -0.39 is 17.6 Å². The van der Waals surface area contributed by atoms with Crippen LogP contribution in [0.5, 0.6) is 0 Å². The van der Waals surface area contributed by atoms with Crippen LogP contribution in [0.25, 0.3) is 0 Å². The molecule has 2 aliphatic rings. The molecule has 31 heavy (non-hydrogen) atoms. The van der Waals surface area contributed by atoms with Gasteiger partial charge in [-0.25, -0.2) is 0 Å². The third-order valence-corrected chi connectivity index (χ3v) is 6.33. The molecule has 1 amide bonds. The summed E-state index contributed by atoms with van der Waals surface area (Å²) >= 11 is 0. The van der Waals surface area contributed by atoms with Gasteiger partial charge in [0.15, 0.2) is 0 Å². The number of amides is 1. The molecule has 4 rings (SSSR count). The molecule has 0 radical (unpaired) electrons. The van der Waals surface area contributed by atoms with E-state index in [1.54, 1.807) is 0 Å². The number of carbonyl (C=O) groups excluding carboxylic acids is 1. The van der Waals surface area contributed by atoms with Gasteiger partial charge in [-0.05, 0) is 74.2 Å². The third-order valence-electron chi connectivity index (χ3n) is 6.33. The molecular weight excluding hydrogens is 403 g/mol. The minimum Gasteiger partial charge on any atom is -0.374 e. The van der Waals surface area contributed by atoms with Crippen LogP contribution in [0.1, 0.15) is 52.4 Å². The van der Waals surface area contributed by atoms with Gasteiger partial charge in [0.25, 0.3) is 5.91 Å². The van der Waals surface area contributed by atoms with Crippen LogP contribution < -0.4 is 10.2 Å². The minimum atomic E-state index is -4.47. The van der Waals surface area contributed by atoms with Gasteiger partial charge in [-0.1, -0.05) is 18.2 Å². The van der Waals surface area contributed by atoms with Crippen molar-refractivity contribution in [2.24, 2.45) is 0 Å². The first-order chi connectivity index (χ1) is 14.8. The first kappa shape index (κ1) is 21.7. The molecule has 1 N–H and O–H groups in total. The Kier molecular flexibility index (Phi) is 6.23. The van der Waals surface area contributed by atoms with Gasteiger partial charge in [-0.15, -0.1) is 0 Å². The highest BCUT2D eigenvalue weighted by atomic mass is 19.4. The molecular formula is C24H28F3N3O. The Morgan fingerprint density at radius 1 is 1.06 bits per heavy atom. The minimum absolute atomic E-state index is 0.00906. The van der Waals surface area contributed by atoms with E-state index in [4.69, 9.17) is 0 Å². The van der Waals surface area contributed by atoms with Crippen LogP contribution in [0.2, 0.25) is 0 Å². The molecule has 1 saturated heterocycles. The molecule has 166 valence electrons. The lowest BCUT2D eigenvalue weighted by Gasteiger charge is -2.32. The third kappa shape index (κ3) is 4.87. The number of likely N-dealkylation sites (tertiary alicyclic amines) is 1. The SMILES string of the molecule is CN1CCCc2cc(C(CNC(=O)c3cccc(C(F)(F)F)c3)N3CCCC3)ccc21. The van der Waals surface area contributed by atoms with Crippen molar-refractivity contribution in [3.63, 3.8) is 0 Å². The number of nitrogens with one attached hydrogen (secondary N) is 1. The fraction of sp³-hybridized carbons (Fsp3) is 0.458. The molecule has 4 nitrogen and oxygen atoms in total. The highest BCUT2D eigenvalue weighted by Crippen LogP contribution is 2.32. The standard InChI is InChI=1S/C24H28F3N3O/c1-29-11-5-7-17-14-18(9-10-21(17)29)22(30-12-2-3-13-30)16-28-23(31)19-6-4-8-20(15-19)24(25,26)27/h4,6,8-10,14-15,22H,2-3,5,7,11-13,16H2,1H3,(H,28,31). The summed E-state index contributed by atoms with van der Waals surface area (Å²) in [5.74, 6) is -0.479. The first-order valence-corrected chi connectivity index (χ1v) is 10.9. The molecule has 7 heteroatoms. The monoisotopic (exact) mass is 431 g/mol. The molecule has 0 aliphatic carbocycles. The highest BCUT2D eigenvalue weighted by molar-refractivity contribution is 5.94. The van der Waals surface area contributed by atoms with Crippen molar-refractivity contribution < 1.29 is 18.0 Å². The number of fused-ring (bicyclic) bond motifs is 1. The van der Waals surface area contributed by atoms with Gasteiger partial charge in [0.05, 0.1) is 11.6 Å². The molecule has 0 bridgehead atoms. The predicted molar refractivity (Wildman–Crippen MR) is 115 cm³/mol. The topological polar surface area (TPSA) is 35.6 Å². The number of hydrogen-bond acceptors (Lipinski definition) is 3. The maximum Gasteiger partial charge on any atom is 0.416 e. The van der Waals surface area contributed by atoms with Crippen LogP contribution in [-0.4, -0.2) is 44.0 Å². The Labute approximate surface area is 181 Å². The Balaban J connectivity index is 1.53. The lowest BCUT2D eigenvalue weighted by atomic mass is 9.96. The van der Waals surface area contributed by atoms with E-state index in [0.717, 1.165) is 63.0 Å². The van der Waals surface area contributed by atoms with E-state index in [1.807, 2.05) is 0 Å². The van der Waals surface area contributed by atoms with E-state index in [-0.39, 0.29) is 11.6 Å². The Morgan fingerprint density at radius 2 is 1.84 bits per heavy atom. The molecule has 2 aromatic rings.